The molecular weight excluding hydrogens is 679 g/mol. The highest BCUT2D eigenvalue weighted by Gasteiger charge is 2.20. The number of rotatable bonds is 8. The third-order valence-corrected chi connectivity index (χ3v) is 7.45. The van der Waals surface area contributed by atoms with Crippen LogP contribution in [0.4, 0.5) is 5.95 Å². The van der Waals surface area contributed by atoms with E-state index in [0.29, 0.717) is 33.5 Å². The topological polar surface area (TPSA) is 95.5 Å². The van der Waals surface area contributed by atoms with Crippen LogP contribution in [0.5, 0.6) is 11.6 Å². The second kappa shape index (κ2) is 18.9. The predicted octanol–water partition coefficient (Wildman–Crippen LogP) is 6.08. The van der Waals surface area contributed by atoms with Crippen molar-refractivity contribution in [3.05, 3.63) is 58.3 Å². The first-order valence-electron chi connectivity index (χ1n) is 13.3. The zero-order chi connectivity index (χ0) is 27.2. The number of aromatic nitrogens is 3. The number of anilines is 1. The standard InChI is InChI=1S/C28H33Cl2N7O2.4ClH/c1-19(38)32-15-20-2-6-36(7-3-20)18-21-10-26(22-12-23(29)14-24(30)13-22)35-27(11-21)39-25-16-33-28(34-17-25)37-8-4-31-5-9-37;;;;/h10-14,16-17,20,31H,2-9,15,18H2,1H3,(H,32,38);4*1H. The monoisotopic (exact) mass is 713 g/mol. The van der Waals surface area contributed by atoms with Gasteiger partial charge in [0.15, 0.2) is 5.75 Å². The summed E-state index contributed by atoms with van der Waals surface area (Å²) in [6, 6.07) is 9.42. The van der Waals surface area contributed by atoms with Crippen molar-refractivity contribution < 1.29 is 9.53 Å². The first-order chi connectivity index (χ1) is 18.9. The summed E-state index contributed by atoms with van der Waals surface area (Å²) >= 11 is 12.6. The zero-order valence-corrected chi connectivity index (χ0v) is 28.4. The van der Waals surface area contributed by atoms with Gasteiger partial charge in [-0.1, -0.05) is 23.2 Å². The number of amides is 1. The Morgan fingerprint density at radius 3 is 2.19 bits per heavy atom. The minimum absolute atomic E-state index is 0. The van der Waals surface area contributed by atoms with Crippen LogP contribution in [0.15, 0.2) is 42.7 Å². The van der Waals surface area contributed by atoms with Gasteiger partial charge < -0.3 is 20.3 Å². The summed E-state index contributed by atoms with van der Waals surface area (Å²) < 4.78 is 6.15. The molecule has 5 rings (SSSR count). The van der Waals surface area contributed by atoms with Crippen LogP contribution in [-0.4, -0.2) is 71.6 Å². The summed E-state index contributed by atoms with van der Waals surface area (Å²) in [5.74, 6) is 2.21. The van der Waals surface area contributed by atoms with Gasteiger partial charge in [-0.2, -0.15) is 0 Å². The quantitative estimate of drug-likeness (QED) is 0.290. The van der Waals surface area contributed by atoms with Crippen molar-refractivity contribution in [1.82, 2.24) is 30.5 Å². The van der Waals surface area contributed by atoms with Crippen molar-refractivity contribution in [3.8, 4) is 22.9 Å². The Labute approximate surface area is 287 Å². The molecule has 0 unspecified atom stereocenters. The van der Waals surface area contributed by atoms with Crippen molar-refractivity contribution in [2.24, 2.45) is 5.92 Å². The number of ether oxygens (including phenoxy) is 1. The lowest BCUT2D eigenvalue weighted by molar-refractivity contribution is -0.119. The molecule has 0 spiro atoms. The predicted molar refractivity (Wildman–Crippen MR) is 183 cm³/mol. The molecule has 0 saturated carbocycles. The molecular formula is C28H37Cl6N7O2. The lowest BCUT2D eigenvalue weighted by atomic mass is 9.96. The molecule has 1 aromatic carbocycles. The van der Waals surface area contributed by atoms with Crippen LogP contribution in [-0.2, 0) is 11.3 Å². The largest absolute Gasteiger partial charge is 0.436 e. The van der Waals surface area contributed by atoms with Crippen LogP contribution in [0, 0.1) is 5.92 Å². The number of nitrogens with zero attached hydrogens (tertiary/aromatic N) is 5. The summed E-state index contributed by atoms with van der Waals surface area (Å²) in [6.07, 6.45) is 5.47. The molecule has 0 radical (unpaired) electrons. The van der Waals surface area contributed by atoms with Gasteiger partial charge in [-0.3, -0.25) is 9.69 Å². The van der Waals surface area contributed by atoms with Crippen LogP contribution < -0.4 is 20.3 Å². The number of likely N-dealkylation sites (tertiary alicyclic amines) is 1. The van der Waals surface area contributed by atoms with Gasteiger partial charge in [0.1, 0.15) is 0 Å². The van der Waals surface area contributed by atoms with Gasteiger partial charge in [0.2, 0.25) is 17.7 Å². The number of piperazine rings is 1. The Morgan fingerprint density at radius 2 is 1.58 bits per heavy atom. The molecule has 0 aliphatic carbocycles. The molecule has 43 heavy (non-hydrogen) atoms. The van der Waals surface area contributed by atoms with Gasteiger partial charge in [0, 0.05) is 67.9 Å². The SMILES string of the molecule is CC(=O)NCC1CCN(Cc2cc(Oc3cnc(N4CCNCC4)nc3)nc(-c3cc(Cl)cc(Cl)c3)c2)CC1.Cl.Cl.Cl.Cl. The Morgan fingerprint density at radius 1 is 0.953 bits per heavy atom. The number of pyridine rings is 1. The van der Waals surface area contributed by atoms with Crippen LogP contribution >= 0.6 is 72.8 Å². The third-order valence-electron chi connectivity index (χ3n) is 7.01. The lowest BCUT2D eigenvalue weighted by Crippen LogP contribution is -2.44. The molecule has 2 fully saturated rings. The second-order valence-electron chi connectivity index (χ2n) is 10.1. The molecule has 3 aromatic rings. The number of piperidine rings is 1. The van der Waals surface area contributed by atoms with E-state index in [9.17, 15) is 4.79 Å². The Hall–Kier alpha value is -1.82. The van der Waals surface area contributed by atoms with Crippen LogP contribution in [0.25, 0.3) is 11.3 Å². The highest BCUT2D eigenvalue weighted by Crippen LogP contribution is 2.31. The zero-order valence-electron chi connectivity index (χ0n) is 23.6. The summed E-state index contributed by atoms with van der Waals surface area (Å²) in [7, 11) is 0. The molecule has 2 aliphatic heterocycles. The van der Waals surface area contributed by atoms with E-state index in [4.69, 9.17) is 32.9 Å². The number of halogens is 6. The Balaban J connectivity index is 0.00000231. The van der Waals surface area contributed by atoms with E-state index in [-0.39, 0.29) is 55.5 Å². The Kier molecular flexibility index (Phi) is 17.2. The van der Waals surface area contributed by atoms with Crippen molar-refractivity contribution >= 4 is 84.7 Å². The van der Waals surface area contributed by atoms with E-state index in [2.05, 4.69) is 36.5 Å². The number of hydrogen-bond donors (Lipinski definition) is 2. The van der Waals surface area contributed by atoms with E-state index in [0.717, 1.165) is 82.0 Å². The minimum Gasteiger partial charge on any atom is -0.436 e. The maximum atomic E-state index is 11.3. The average Bonchev–Trinajstić information content (AvgIpc) is 2.93. The minimum atomic E-state index is 0. The van der Waals surface area contributed by atoms with E-state index in [1.54, 1.807) is 25.4 Å². The fourth-order valence-corrected chi connectivity index (χ4v) is 5.48. The third kappa shape index (κ3) is 11.6. The first kappa shape index (κ1) is 39.2. The number of benzene rings is 1. The van der Waals surface area contributed by atoms with Crippen molar-refractivity contribution in [2.45, 2.75) is 26.3 Å². The molecule has 0 bridgehead atoms. The maximum absolute atomic E-state index is 11.3. The molecule has 9 nitrogen and oxygen atoms in total. The molecule has 2 aromatic heterocycles. The van der Waals surface area contributed by atoms with Gasteiger partial charge in [0.05, 0.1) is 18.1 Å². The lowest BCUT2D eigenvalue weighted by Gasteiger charge is -2.32. The fraction of sp³-hybridized carbons (Fsp3) is 0.429. The summed E-state index contributed by atoms with van der Waals surface area (Å²) in [6.45, 7) is 8.57. The molecule has 2 N–H and O–H groups in total. The molecule has 2 saturated heterocycles. The van der Waals surface area contributed by atoms with Crippen LogP contribution in [0.3, 0.4) is 0 Å². The second-order valence-corrected chi connectivity index (χ2v) is 10.9. The highest BCUT2D eigenvalue weighted by molar-refractivity contribution is 6.35. The van der Waals surface area contributed by atoms with E-state index < -0.39 is 0 Å². The Bertz CT molecular complexity index is 1270. The molecule has 4 heterocycles. The average molecular weight is 716 g/mol. The van der Waals surface area contributed by atoms with Gasteiger partial charge in [-0.25, -0.2) is 15.0 Å². The molecule has 0 atom stereocenters. The van der Waals surface area contributed by atoms with Gasteiger partial charge in [0.25, 0.3) is 0 Å². The highest BCUT2D eigenvalue weighted by atomic mass is 35.5. The molecule has 15 heteroatoms. The summed E-state index contributed by atoms with van der Waals surface area (Å²) in [4.78, 5) is 29.6. The smallest absolute Gasteiger partial charge is 0.225 e. The molecule has 2 aliphatic rings. The first-order valence-corrected chi connectivity index (χ1v) is 14.1. The molecule has 238 valence electrons. The van der Waals surface area contributed by atoms with Crippen LogP contribution in [0.2, 0.25) is 10.0 Å². The van der Waals surface area contributed by atoms with E-state index in [1.165, 1.54) is 0 Å². The van der Waals surface area contributed by atoms with Gasteiger partial charge in [-0.05, 0) is 61.7 Å². The van der Waals surface area contributed by atoms with Crippen molar-refractivity contribution in [2.75, 3.05) is 50.7 Å². The fourth-order valence-electron chi connectivity index (χ4n) is 4.96. The molecule has 1 amide bonds. The van der Waals surface area contributed by atoms with E-state index in [1.807, 2.05) is 18.2 Å². The number of carbonyl (C=O) groups is 1. The number of carbonyl (C=O) groups excluding carboxylic acids is 1. The normalized spacial score (nSPS) is 15.2. The van der Waals surface area contributed by atoms with Crippen LogP contribution in [0.1, 0.15) is 25.3 Å². The van der Waals surface area contributed by atoms with Gasteiger partial charge >= 0.3 is 0 Å². The van der Waals surface area contributed by atoms with Crippen molar-refractivity contribution in [1.29, 1.82) is 0 Å². The maximum Gasteiger partial charge on any atom is 0.225 e. The number of hydrogen-bond acceptors (Lipinski definition) is 8. The number of nitrogens with one attached hydrogen (secondary N) is 2. The van der Waals surface area contributed by atoms with E-state index >= 15 is 0 Å². The summed E-state index contributed by atoms with van der Waals surface area (Å²) in [5, 5.41) is 7.38. The summed E-state index contributed by atoms with van der Waals surface area (Å²) in [5.41, 5.74) is 2.62. The van der Waals surface area contributed by atoms with Crippen molar-refractivity contribution in [3.63, 3.8) is 0 Å². The van der Waals surface area contributed by atoms with Gasteiger partial charge in [-0.15, -0.1) is 49.6 Å².